The zero-order valence-corrected chi connectivity index (χ0v) is 14.1. The van der Waals surface area contributed by atoms with E-state index in [1.54, 1.807) is 24.3 Å². The van der Waals surface area contributed by atoms with Crippen LogP contribution in [0, 0.1) is 0 Å². The molecule has 7 heteroatoms. The van der Waals surface area contributed by atoms with Crippen molar-refractivity contribution in [2.75, 3.05) is 11.9 Å². The molecule has 0 saturated heterocycles. The van der Waals surface area contributed by atoms with Crippen LogP contribution in [0.15, 0.2) is 34.9 Å². The molecule has 0 bridgehead atoms. The standard InChI is InChI=1S/C14H11BrCl2N2O2/c1-2-21-12-10(15)6-8(16)7-11(12)19-14(20)9-4-3-5-18-13(9)17/h3-7H,2H2,1H3,(H,19,20). The first-order valence-corrected chi connectivity index (χ1v) is 7.61. The summed E-state index contributed by atoms with van der Waals surface area (Å²) in [6, 6.07) is 6.53. The summed E-state index contributed by atoms with van der Waals surface area (Å²) in [4.78, 5) is 16.1. The summed E-state index contributed by atoms with van der Waals surface area (Å²) in [7, 11) is 0. The number of amides is 1. The van der Waals surface area contributed by atoms with E-state index in [-0.39, 0.29) is 16.6 Å². The van der Waals surface area contributed by atoms with Crippen LogP contribution in [0.2, 0.25) is 10.2 Å². The largest absolute Gasteiger partial charge is 0.491 e. The van der Waals surface area contributed by atoms with Crippen LogP contribution in [0.4, 0.5) is 5.69 Å². The molecule has 0 fully saturated rings. The summed E-state index contributed by atoms with van der Waals surface area (Å²) < 4.78 is 6.18. The van der Waals surface area contributed by atoms with Crippen molar-refractivity contribution in [3.63, 3.8) is 0 Å². The maximum absolute atomic E-state index is 12.3. The molecule has 1 aromatic carbocycles. The molecule has 4 nitrogen and oxygen atoms in total. The van der Waals surface area contributed by atoms with E-state index >= 15 is 0 Å². The molecule has 0 radical (unpaired) electrons. The highest BCUT2D eigenvalue weighted by molar-refractivity contribution is 9.10. The van der Waals surface area contributed by atoms with E-state index in [1.807, 2.05) is 6.92 Å². The monoisotopic (exact) mass is 388 g/mol. The Morgan fingerprint density at radius 3 is 2.86 bits per heavy atom. The molecule has 21 heavy (non-hydrogen) atoms. The molecule has 0 spiro atoms. The predicted molar refractivity (Wildman–Crippen MR) is 87.5 cm³/mol. The molecular formula is C14H11BrCl2N2O2. The maximum atomic E-state index is 12.3. The SMILES string of the molecule is CCOc1c(Br)cc(Cl)cc1NC(=O)c1cccnc1Cl. The van der Waals surface area contributed by atoms with Crippen LogP contribution in [0.1, 0.15) is 17.3 Å². The van der Waals surface area contributed by atoms with Crippen molar-refractivity contribution in [3.05, 3.63) is 50.7 Å². The number of pyridine rings is 1. The normalized spacial score (nSPS) is 10.3. The summed E-state index contributed by atoms with van der Waals surface area (Å²) in [5, 5.41) is 3.33. The number of rotatable bonds is 4. The molecule has 110 valence electrons. The summed E-state index contributed by atoms with van der Waals surface area (Å²) in [5.74, 6) is 0.124. The van der Waals surface area contributed by atoms with Crippen molar-refractivity contribution in [2.24, 2.45) is 0 Å². The van der Waals surface area contributed by atoms with E-state index in [0.717, 1.165) is 0 Å². The lowest BCUT2D eigenvalue weighted by Crippen LogP contribution is -2.14. The summed E-state index contributed by atoms with van der Waals surface area (Å²) in [6.45, 7) is 2.31. The summed E-state index contributed by atoms with van der Waals surface area (Å²) in [6.07, 6.45) is 1.51. The molecule has 0 aliphatic rings. The van der Waals surface area contributed by atoms with Crippen LogP contribution in [-0.2, 0) is 0 Å². The quantitative estimate of drug-likeness (QED) is 0.764. The molecule has 2 rings (SSSR count). The predicted octanol–water partition coefficient (Wildman–Crippen LogP) is 4.80. The molecular weight excluding hydrogens is 379 g/mol. The number of carbonyl (C=O) groups excluding carboxylic acids is 1. The Hall–Kier alpha value is -1.30. The first kappa shape index (κ1) is 16.1. The molecule has 1 N–H and O–H groups in total. The lowest BCUT2D eigenvalue weighted by atomic mass is 10.2. The molecule has 0 aliphatic carbocycles. The van der Waals surface area contributed by atoms with Gasteiger partial charge in [-0.3, -0.25) is 4.79 Å². The van der Waals surface area contributed by atoms with Gasteiger partial charge in [-0.25, -0.2) is 4.98 Å². The minimum atomic E-state index is -0.386. The van der Waals surface area contributed by atoms with Crippen LogP contribution in [0.5, 0.6) is 5.75 Å². The number of nitrogens with zero attached hydrogens (tertiary/aromatic N) is 1. The number of benzene rings is 1. The fraction of sp³-hybridized carbons (Fsp3) is 0.143. The van der Waals surface area contributed by atoms with Gasteiger partial charge >= 0.3 is 0 Å². The van der Waals surface area contributed by atoms with Gasteiger partial charge in [0, 0.05) is 11.2 Å². The smallest absolute Gasteiger partial charge is 0.258 e. The van der Waals surface area contributed by atoms with Gasteiger partial charge < -0.3 is 10.1 Å². The summed E-state index contributed by atoms with van der Waals surface area (Å²) >= 11 is 15.3. The fourth-order valence-electron chi connectivity index (χ4n) is 1.69. The van der Waals surface area contributed by atoms with Crippen molar-refractivity contribution in [1.29, 1.82) is 0 Å². The fourth-order valence-corrected chi connectivity index (χ4v) is 2.82. The number of anilines is 1. The van der Waals surface area contributed by atoms with Crippen LogP contribution >= 0.6 is 39.1 Å². The highest BCUT2D eigenvalue weighted by Crippen LogP contribution is 2.37. The highest BCUT2D eigenvalue weighted by Gasteiger charge is 2.16. The first-order valence-electron chi connectivity index (χ1n) is 6.06. The lowest BCUT2D eigenvalue weighted by molar-refractivity contribution is 0.102. The van der Waals surface area contributed by atoms with E-state index in [1.165, 1.54) is 6.20 Å². The number of aromatic nitrogens is 1. The zero-order chi connectivity index (χ0) is 15.4. The summed E-state index contributed by atoms with van der Waals surface area (Å²) in [5.41, 5.74) is 0.735. The van der Waals surface area contributed by atoms with Gasteiger partial charge in [-0.2, -0.15) is 0 Å². The van der Waals surface area contributed by atoms with E-state index in [2.05, 4.69) is 26.2 Å². The van der Waals surface area contributed by atoms with Crippen molar-refractivity contribution >= 4 is 50.7 Å². The van der Waals surface area contributed by atoms with E-state index in [4.69, 9.17) is 27.9 Å². The van der Waals surface area contributed by atoms with Crippen molar-refractivity contribution in [2.45, 2.75) is 6.92 Å². The Bertz CT molecular complexity index is 680. The maximum Gasteiger partial charge on any atom is 0.258 e. The van der Waals surface area contributed by atoms with Gasteiger partial charge in [-0.1, -0.05) is 23.2 Å². The van der Waals surface area contributed by atoms with Gasteiger partial charge in [0.05, 0.1) is 22.3 Å². The van der Waals surface area contributed by atoms with Crippen molar-refractivity contribution in [1.82, 2.24) is 4.98 Å². The van der Waals surface area contributed by atoms with Gasteiger partial charge in [0.2, 0.25) is 0 Å². The average molecular weight is 390 g/mol. The number of hydrogen-bond acceptors (Lipinski definition) is 3. The molecule has 0 atom stereocenters. The minimum Gasteiger partial charge on any atom is -0.491 e. The Kier molecular flexibility index (Phi) is 5.45. The van der Waals surface area contributed by atoms with E-state index in [9.17, 15) is 4.79 Å². The number of nitrogens with one attached hydrogen (secondary N) is 1. The van der Waals surface area contributed by atoms with Crippen LogP contribution in [-0.4, -0.2) is 17.5 Å². The topological polar surface area (TPSA) is 51.2 Å². The molecule has 0 unspecified atom stereocenters. The number of carbonyl (C=O) groups is 1. The third-order valence-corrected chi connectivity index (χ3v) is 3.66. The van der Waals surface area contributed by atoms with Gasteiger partial charge in [0.15, 0.2) is 5.75 Å². The van der Waals surface area contributed by atoms with Crippen LogP contribution < -0.4 is 10.1 Å². The lowest BCUT2D eigenvalue weighted by Gasteiger charge is -2.14. The third kappa shape index (κ3) is 3.87. The molecule has 0 aliphatic heterocycles. The Morgan fingerprint density at radius 1 is 1.43 bits per heavy atom. The molecule has 1 aromatic heterocycles. The third-order valence-electron chi connectivity index (χ3n) is 2.55. The number of halogens is 3. The van der Waals surface area contributed by atoms with E-state index < -0.39 is 0 Å². The second kappa shape index (κ2) is 7.11. The van der Waals surface area contributed by atoms with Crippen molar-refractivity contribution < 1.29 is 9.53 Å². The minimum absolute atomic E-state index is 0.133. The van der Waals surface area contributed by atoms with Gasteiger partial charge in [0.25, 0.3) is 5.91 Å². The Labute approximate surface area is 140 Å². The second-order valence-corrected chi connectivity index (χ2v) is 5.64. The highest BCUT2D eigenvalue weighted by atomic mass is 79.9. The zero-order valence-electron chi connectivity index (χ0n) is 11.0. The molecule has 0 saturated carbocycles. The van der Waals surface area contributed by atoms with Crippen LogP contribution in [0.3, 0.4) is 0 Å². The van der Waals surface area contributed by atoms with Gasteiger partial charge in [0.1, 0.15) is 5.15 Å². The Morgan fingerprint density at radius 2 is 2.19 bits per heavy atom. The molecule has 2 aromatic rings. The van der Waals surface area contributed by atoms with E-state index in [0.29, 0.717) is 27.5 Å². The van der Waals surface area contributed by atoms with Crippen molar-refractivity contribution in [3.8, 4) is 5.75 Å². The Balaban J connectivity index is 2.35. The van der Waals surface area contributed by atoms with Gasteiger partial charge in [-0.05, 0) is 47.1 Å². The van der Waals surface area contributed by atoms with Crippen LogP contribution in [0.25, 0.3) is 0 Å². The molecule has 1 amide bonds. The first-order chi connectivity index (χ1) is 10.0. The molecule has 1 heterocycles. The van der Waals surface area contributed by atoms with Gasteiger partial charge in [-0.15, -0.1) is 0 Å². The average Bonchev–Trinajstić information content (AvgIpc) is 2.43. The number of hydrogen-bond donors (Lipinski definition) is 1. The second-order valence-electron chi connectivity index (χ2n) is 3.99. The number of ether oxygens (including phenoxy) is 1.